The number of ether oxygens (including phenoxy) is 1. The lowest BCUT2D eigenvalue weighted by molar-refractivity contribution is -0.125. The summed E-state index contributed by atoms with van der Waals surface area (Å²) in [6.07, 6.45) is 11.1. The van der Waals surface area contributed by atoms with Crippen LogP contribution in [0.15, 0.2) is 0 Å². The Morgan fingerprint density at radius 2 is 1.80 bits per heavy atom. The van der Waals surface area contributed by atoms with Crippen LogP contribution < -0.4 is 0 Å². The average Bonchev–Trinajstić information content (AvgIpc) is 2.79. The van der Waals surface area contributed by atoms with Crippen LogP contribution in [0.2, 0.25) is 0 Å². The number of aldehydes is 1. The molecule has 2 aliphatic rings. The maximum absolute atomic E-state index is 11.4. The van der Waals surface area contributed by atoms with E-state index in [0.29, 0.717) is 12.0 Å². The molecular weight excluding hydrogens is 188 g/mol. The minimum absolute atomic E-state index is 0.0267. The van der Waals surface area contributed by atoms with Crippen molar-refractivity contribution >= 4 is 6.29 Å². The summed E-state index contributed by atoms with van der Waals surface area (Å²) in [4.78, 5) is 11.4. The number of hydrogen-bond donors (Lipinski definition) is 0. The highest BCUT2D eigenvalue weighted by molar-refractivity contribution is 5.60. The summed E-state index contributed by atoms with van der Waals surface area (Å²) in [5, 5.41) is 0. The highest BCUT2D eigenvalue weighted by atomic mass is 16.5. The second-order valence-corrected chi connectivity index (χ2v) is 5.22. The van der Waals surface area contributed by atoms with Crippen molar-refractivity contribution in [2.24, 2.45) is 11.3 Å². The summed E-state index contributed by atoms with van der Waals surface area (Å²) in [7, 11) is 1.80. The minimum atomic E-state index is -0.0267. The van der Waals surface area contributed by atoms with Crippen LogP contribution in [-0.2, 0) is 9.53 Å². The zero-order valence-electron chi connectivity index (χ0n) is 9.71. The zero-order chi connectivity index (χ0) is 10.7. The smallest absolute Gasteiger partial charge is 0.126 e. The van der Waals surface area contributed by atoms with Crippen molar-refractivity contribution < 1.29 is 9.53 Å². The molecule has 0 spiro atoms. The summed E-state index contributed by atoms with van der Waals surface area (Å²) in [6, 6.07) is 0. The van der Waals surface area contributed by atoms with Gasteiger partial charge in [0.1, 0.15) is 6.29 Å². The lowest BCUT2D eigenvalue weighted by Crippen LogP contribution is -2.40. The molecule has 0 aliphatic heterocycles. The van der Waals surface area contributed by atoms with Gasteiger partial charge in [0.25, 0.3) is 0 Å². The van der Waals surface area contributed by atoms with E-state index in [-0.39, 0.29) is 5.41 Å². The SMILES string of the molecule is COC1CCCCC1C1(C=O)CCCC1. The number of carbonyl (C=O) groups excluding carboxylic acids is 1. The first-order valence-electron chi connectivity index (χ1n) is 6.31. The lowest BCUT2D eigenvalue weighted by atomic mass is 9.67. The molecule has 2 saturated carbocycles. The topological polar surface area (TPSA) is 26.3 Å². The van der Waals surface area contributed by atoms with Crippen LogP contribution >= 0.6 is 0 Å². The third-order valence-corrected chi connectivity index (χ3v) is 4.51. The molecule has 0 aromatic rings. The Morgan fingerprint density at radius 1 is 1.13 bits per heavy atom. The second kappa shape index (κ2) is 4.65. The summed E-state index contributed by atoms with van der Waals surface area (Å²) < 4.78 is 5.58. The Balaban J connectivity index is 2.14. The fourth-order valence-corrected chi connectivity index (χ4v) is 3.65. The van der Waals surface area contributed by atoms with Gasteiger partial charge in [-0.05, 0) is 31.6 Å². The van der Waals surface area contributed by atoms with Crippen molar-refractivity contribution in [3.63, 3.8) is 0 Å². The van der Waals surface area contributed by atoms with E-state index < -0.39 is 0 Å². The molecule has 0 radical (unpaired) electrons. The number of rotatable bonds is 3. The molecule has 0 heterocycles. The van der Waals surface area contributed by atoms with Gasteiger partial charge in [0.2, 0.25) is 0 Å². The lowest BCUT2D eigenvalue weighted by Gasteiger charge is -2.40. The summed E-state index contributed by atoms with van der Waals surface area (Å²) in [6.45, 7) is 0. The summed E-state index contributed by atoms with van der Waals surface area (Å²) >= 11 is 0. The maximum Gasteiger partial charge on any atom is 0.126 e. The molecule has 0 aromatic carbocycles. The van der Waals surface area contributed by atoms with Crippen LogP contribution in [0.4, 0.5) is 0 Å². The van der Waals surface area contributed by atoms with Gasteiger partial charge in [-0.25, -0.2) is 0 Å². The second-order valence-electron chi connectivity index (χ2n) is 5.22. The molecule has 2 aliphatic carbocycles. The van der Waals surface area contributed by atoms with Crippen LogP contribution in [-0.4, -0.2) is 19.5 Å². The predicted octanol–water partition coefficient (Wildman–Crippen LogP) is 2.95. The quantitative estimate of drug-likeness (QED) is 0.669. The monoisotopic (exact) mass is 210 g/mol. The molecule has 2 fully saturated rings. The van der Waals surface area contributed by atoms with E-state index in [1.54, 1.807) is 7.11 Å². The molecule has 15 heavy (non-hydrogen) atoms. The molecule has 0 saturated heterocycles. The minimum Gasteiger partial charge on any atom is -0.381 e. The third-order valence-electron chi connectivity index (χ3n) is 4.51. The van der Waals surface area contributed by atoms with Crippen molar-refractivity contribution in [2.75, 3.05) is 7.11 Å². The molecule has 0 aromatic heterocycles. The van der Waals surface area contributed by atoms with Gasteiger partial charge in [-0.3, -0.25) is 0 Å². The Kier molecular flexibility index (Phi) is 3.45. The van der Waals surface area contributed by atoms with Crippen LogP contribution in [0.3, 0.4) is 0 Å². The van der Waals surface area contributed by atoms with E-state index in [9.17, 15) is 4.79 Å². The van der Waals surface area contributed by atoms with E-state index >= 15 is 0 Å². The Hall–Kier alpha value is -0.370. The maximum atomic E-state index is 11.4. The van der Waals surface area contributed by atoms with Gasteiger partial charge in [0.15, 0.2) is 0 Å². The third kappa shape index (κ3) is 1.96. The van der Waals surface area contributed by atoms with Crippen LogP contribution in [0, 0.1) is 11.3 Å². The van der Waals surface area contributed by atoms with E-state index in [4.69, 9.17) is 4.74 Å². The van der Waals surface area contributed by atoms with Crippen molar-refractivity contribution in [3.05, 3.63) is 0 Å². The van der Waals surface area contributed by atoms with Gasteiger partial charge >= 0.3 is 0 Å². The van der Waals surface area contributed by atoms with Gasteiger partial charge in [-0.15, -0.1) is 0 Å². The van der Waals surface area contributed by atoms with E-state index in [1.165, 1.54) is 38.4 Å². The normalized spacial score (nSPS) is 35.3. The number of carbonyl (C=O) groups is 1. The largest absolute Gasteiger partial charge is 0.381 e. The Morgan fingerprint density at radius 3 is 2.40 bits per heavy atom. The molecule has 0 amide bonds. The van der Waals surface area contributed by atoms with Crippen molar-refractivity contribution in [1.29, 1.82) is 0 Å². The number of hydrogen-bond acceptors (Lipinski definition) is 2. The van der Waals surface area contributed by atoms with E-state index in [2.05, 4.69) is 0 Å². The van der Waals surface area contributed by atoms with Crippen molar-refractivity contribution in [2.45, 2.75) is 57.5 Å². The van der Waals surface area contributed by atoms with Gasteiger partial charge in [-0.2, -0.15) is 0 Å². The molecule has 0 bridgehead atoms. The summed E-state index contributed by atoms with van der Waals surface area (Å²) in [5.74, 6) is 0.497. The molecule has 2 unspecified atom stereocenters. The predicted molar refractivity (Wildman–Crippen MR) is 59.7 cm³/mol. The summed E-state index contributed by atoms with van der Waals surface area (Å²) in [5.41, 5.74) is -0.0267. The molecule has 2 rings (SSSR count). The molecule has 2 heteroatoms. The first-order chi connectivity index (χ1) is 7.32. The zero-order valence-corrected chi connectivity index (χ0v) is 9.71. The highest BCUT2D eigenvalue weighted by Gasteiger charge is 2.45. The van der Waals surface area contributed by atoms with Crippen LogP contribution in [0.25, 0.3) is 0 Å². The van der Waals surface area contributed by atoms with E-state index in [0.717, 1.165) is 19.3 Å². The molecule has 2 nitrogen and oxygen atoms in total. The standard InChI is InChI=1S/C13H22O2/c1-15-12-7-3-2-6-11(12)13(10-14)8-4-5-9-13/h10-12H,2-9H2,1H3. The molecular formula is C13H22O2. The highest BCUT2D eigenvalue weighted by Crippen LogP contribution is 2.48. The fraction of sp³-hybridized carbons (Fsp3) is 0.923. The van der Waals surface area contributed by atoms with Crippen molar-refractivity contribution in [1.82, 2.24) is 0 Å². The number of methoxy groups -OCH3 is 1. The molecule has 2 atom stereocenters. The Labute approximate surface area is 92.4 Å². The van der Waals surface area contributed by atoms with Gasteiger partial charge in [-0.1, -0.05) is 25.7 Å². The fourth-order valence-electron chi connectivity index (χ4n) is 3.65. The first-order valence-corrected chi connectivity index (χ1v) is 6.31. The van der Waals surface area contributed by atoms with Gasteiger partial charge < -0.3 is 9.53 Å². The van der Waals surface area contributed by atoms with Crippen LogP contribution in [0.5, 0.6) is 0 Å². The first kappa shape index (κ1) is 11.1. The average molecular weight is 210 g/mol. The Bertz CT molecular complexity index is 219. The van der Waals surface area contributed by atoms with Crippen molar-refractivity contribution in [3.8, 4) is 0 Å². The van der Waals surface area contributed by atoms with Crippen LogP contribution in [0.1, 0.15) is 51.4 Å². The molecule has 0 N–H and O–H groups in total. The molecule has 86 valence electrons. The van der Waals surface area contributed by atoms with Gasteiger partial charge in [0, 0.05) is 12.5 Å². The van der Waals surface area contributed by atoms with Gasteiger partial charge in [0.05, 0.1) is 6.10 Å². The van der Waals surface area contributed by atoms with E-state index in [1.807, 2.05) is 0 Å².